The van der Waals surface area contributed by atoms with Gasteiger partial charge in [0, 0.05) is 24.2 Å². The van der Waals surface area contributed by atoms with Crippen LogP contribution in [0.2, 0.25) is 0 Å². The highest BCUT2D eigenvalue weighted by Crippen LogP contribution is 2.13. The lowest BCUT2D eigenvalue weighted by Crippen LogP contribution is -2.22. The summed E-state index contributed by atoms with van der Waals surface area (Å²) in [6.07, 6.45) is 4.69. The zero-order chi connectivity index (χ0) is 13.3. The van der Waals surface area contributed by atoms with E-state index in [1.807, 2.05) is 18.2 Å². The molecule has 3 heteroatoms. The molecule has 1 aliphatic heterocycles. The number of hydrogen-bond acceptors (Lipinski definition) is 3. The molecule has 0 aromatic heterocycles. The molecule has 0 N–H and O–H groups in total. The van der Waals surface area contributed by atoms with Gasteiger partial charge in [0.1, 0.15) is 0 Å². The SMILES string of the molecule is O=Cc1ccccc1C#CCCOC1CCCCO1. The molecule has 1 aromatic rings. The molecule has 1 aromatic carbocycles. The molecule has 0 spiro atoms. The minimum atomic E-state index is -0.0576. The maximum atomic E-state index is 10.8. The van der Waals surface area contributed by atoms with Crippen LogP contribution in [-0.4, -0.2) is 25.8 Å². The lowest BCUT2D eigenvalue weighted by Gasteiger charge is -2.22. The van der Waals surface area contributed by atoms with Crippen LogP contribution >= 0.6 is 0 Å². The number of carbonyl (C=O) groups is 1. The topological polar surface area (TPSA) is 35.5 Å². The number of hydrogen-bond donors (Lipinski definition) is 0. The van der Waals surface area contributed by atoms with E-state index < -0.39 is 0 Å². The Balaban J connectivity index is 1.76. The Kier molecular flexibility index (Phi) is 5.61. The summed E-state index contributed by atoms with van der Waals surface area (Å²) in [6.45, 7) is 1.37. The van der Waals surface area contributed by atoms with Crippen LogP contribution in [0.3, 0.4) is 0 Å². The molecule has 0 aliphatic carbocycles. The molecule has 100 valence electrons. The van der Waals surface area contributed by atoms with Crippen molar-refractivity contribution in [3.8, 4) is 11.8 Å². The van der Waals surface area contributed by atoms with Crippen molar-refractivity contribution in [3.05, 3.63) is 35.4 Å². The van der Waals surface area contributed by atoms with Gasteiger partial charge in [-0.2, -0.15) is 0 Å². The predicted molar refractivity (Wildman–Crippen MR) is 72.9 cm³/mol. The lowest BCUT2D eigenvalue weighted by atomic mass is 10.1. The van der Waals surface area contributed by atoms with Gasteiger partial charge in [-0.3, -0.25) is 4.79 Å². The Morgan fingerprint density at radius 2 is 2.26 bits per heavy atom. The zero-order valence-electron chi connectivity index (χ0n) is 10.9. The van der Waals surface area contributed by atoms with E-state index in [-0.39, 0.29) is 6.29 Å². The van der Waals surface area contributed by atoms with Gasteiger partial charge in [0.05, 0.1) is 6.61 Å². The maximum absolute atomic E-state index is 10.8. The first-order valence-corrected chi connectivity index (χ1v) is 6.66. The zero-order valence-corrected chi connectivity index (χ0v) is 10.9. The Bertz CT molecular complexity index is 464. The third-order valence-electron chi connectivity index (χ3n) is 2.98. The summed E-state index contributed by atoms with van der Waals surface area (Å²) >= 11 is 0. The summed E-state index contributed by atoms with van der Waals surface area (Å²) in [5.74, 6) is 6.03. The van der Waals surface area contributed by atoms with Crippen molar-refractivity contribution in [2.24, 2.45) is 0 Å². The van der Waals surface area contributed by atoms with Crippen LogP contribution in [0.15, 0.2) is 24.3 Å². The maximum Gasteiger partial charge on any atom is 0.157 e. The average Bonchev–Trinajstić information content (AvgIpc) is 2.48. The van der Waals surface area contributed by atoms with E-state index in [1.54, 1.807) is 6.07 Å². The molecule has 1 heterocycles. The third-order valence-corrected chi connectivity index (χ3v) is 2.98. The fourth-order valence-corrected chi connectivity index (χ4v) is 1.96. The number of carbonyl (C=O) groups excluding carboxylic acids is 1. The van der Waals surface area contributed by atoms with Gasteiger partial charge in [0.2, 0.25) is 0 Å². The predicted octanol–water partition coefficient (Wildman–Crippen LogP) is 2.78. The molecule has 1 unspecified atom stereocenters. The van der Waals surface area contributed by atoms with Crippen LogP contribution in [-0.2, 0) is 9.47 Å². The van der Waals surface area contributed by atoms with Crippen molar-refractivity contribution in [2.45, 2.75) is 32.0 Å². The molecule has 0 radical (unpaired) electrons. The van der Waals surface area contributed by atoms with Crippen molar-refractivity contribution in [2.75, 3.05) is 13.2 Å². The summed E-state index contributed by atoms with van der Waals surface area (Å²) in [4.78, 5) is 10.8. The lowest BCUT2D eigenvalue weighted by molar-refractivity contribution is -0.161. The van der Waals surface area contributed by atoms with Crippen LogP contribution in [0.4, 0.5) is 0 Å². The minimum absolute atomic E-state index is 0.0576. The monoisotopic (exact) mass is 258 g/mol. The van der Waals surface area contributed by atoms with Crippen LogP contribution < -0.4 is 0 Å². The van der Waals surface area contributed by atoms with Crippen LogP contribution in [0.1, 0.15) is 41.6 Å². The Morgan fingerprint density at radius 3 is 3.05 bits per heavy atom. The highest BCUT2D eigenvalue weighted by atomic mass is 16.7. The van der Waals surface area contributed by atoms with Gasteiger partial charge in [0.25, 0.3) is 0 Å². The summed E-state index contributed by atoms with van der Waals surface area (Å²) in [5.41, 5.74) is 1.40. The van der Waals surface area contributed by atoms with Crippen molar-refractivity contribution in [3.63, 3.8) is 0 Å². The Morgan fingerprint density at radius 1 is 1.37 bits per heavy atom. The first-order chi connectivity index (χ1) is 9.40. The Hall–Kier alpha value is -1.63. The van der Waals surface area contributed by atoms with E-state index in [0.717, 1.165) is 31.3 Å². The van der Waals surface area contributed by atoms with E-state index in [0.29, 0.717) is 18.6 Å². The molecule has 2 rings (SSSR count). The second-order valence-electron chi connectivity index (χ2n) is 4.42. The molecule has 0 amide bonds. The molecule has 0 bridgehead atoms. The number of aldehydes is 1. The van der Waals surface area contributed by atoms with Gasteiger partial charge in [0.15, 0.2) is 12.6 Å². The summed E-state index contributed by atoms with van der Waals surface area (Å²) in [6, 6.07) is 7.33. The highest BCUT2D eigenvalue weighted by molar-refractivity contribution is 5.79. The Labute approximate surface area is 113 Å². The van der Waals surface area contributed by atoms with E-state index >= 15 is 0 Å². The minimum Gasteiger partial charge on any atom is -0.353 e. The molecule has 19 heavy (non-hydrogen) atoms. The molecule has 3 nitrogen and oxygen atoms in total. The quantitative estimate of drug-likeness (QED) is 0.473. The fraction of sp³-hybridized carbons (Fsp3) is 0.438. The van der Waals surface area contributed by atoms with Crippen molar-refractivity contribution in [1.82, 2.24) is 0 Å². The molecular weight excluding hydrogens is 240 g/mol. The van der Waals surface area contributed by atoms with E-state index in [4.69, 9.17) is 9.47 Å². The summed E-state index contributed by atoms with van der Waals surface area (Å²) < 4.78 is 11.0. The number of rotatable bonds is 4. The second kappa shape index (κ2) is 7.73. The molecular formula is C16H18O3. The molecule has 1 aliphatic rings. The van der Waals surface area contributed by atoms with Crippen molar-refractivity contribution >= 4 is 6.29 Å². The third kappa shape index (κ3) is 4.51. The first kappa shape index (κ1) is 13.8. The summed E-state index contributed by atoms with van der Waals surface area (Å²) in [7, 11) is 0. The summed E-state index contributed by atoms with van der Waals surface area (Å²) in [5, 5.41) is 0. The van der Waals surface area contributed by atoms with Gasteiger partial charge < -0.3 is 9.47 Å². The van der Waals surface area contributed by atoms with Gasteiger partial charge in [-0.15, -0.1) is 0 Å². The normalized spacial score (nSPS) is 18.4. The molecule has 1 atom stereocenters. The average molecular weight is 258 g/mol. The van der Waals surface area contributed by atoms with Crippen LogP contribution in [0, 0.1) is 11.8 Å². The standard InChI is InChI=1S/C16H18O3/c17-13-15-9-2-1-7-14(15)8-3-5-11-18-16-10-4-6-12-19-16/h1-2,7,9,13,16H,4-6,10-12H2. The van der Waals surface area contributed by atoms with Gasteiger partial charge in [-0.05, 0) is 25.3 Å². The molecule has 1 fully saturated rings. The fourth-order valence-electron chi connectivity index (χ4n) is 1.96. The molecule has 1 saturated heterocycles. The van der Waals surface area contributed by atoms with Crippen molar-refractivity contribution < 1.29 is 14.3 Å². The van der Waals surface area contributed by atoms with E-state index in [9.17, 15) is 4.79 Å². The highest BCUT2D eigenvalue weighted by Gasteiger charge is 2.12. The smallest absolute Gasteiger partial charge is 0.157 e. The number of benzene rings is 1. The van der Waals surface area contributed by atoms with E-state index in [2.05, 4.69) is 11.8 Å². The van der Waals surface area contributed by atoms with Gasteiger partial charge >= 0.3 is 0 Å². The van der Waals surface area contributed by atoms with Gasteiger partial charge in [-0.1, -0.05) is 30.0 Å². The van der Waals surface area contributed by atoms with Gasteiger partial charge in [-0.25, -0.2) is 0 Å². The number of ether oxygens (including phenoxy) is 2. The van der Waals surface area contributed by atoms with Crippen molar-refractivity contribution in [1.29, 1.82) is 0 Å². The first-order valence-electron chi connectivity index (χ1n) is 6.66. The molecule has 0 saturated carbocycles. The van der Waals surface area contributed by atoms with Crippen LogP contribution in [0.25, 0.3) is 0 Å². The second-order valence-corrected chi connectivity index (χ2v) is 4.42. The largest absolute Gasteiger partial charge is 0.353 e. The van der Waals surface area contributed by atoms with E-state index in [1.165, 1.54) is 6.42 Å². The van der Waals surface area contributed by atoms with Crippen LogP contribution in [0.5, 0.6) is 0 Å².